The fraction of sp³-hybridized carbons (Fsp3) is 0.381. The molecule has 1 atom stereocenters. The minimum Gasteiger partial charge on any atom is -0.339 e. The number of hydrogen-bond acceptors (Lipinski definition) is 2. The van der Waals surface area contributed by atoms with Gasteiger partial charge in [-0.3, -0.25) is 4.79 Å². The van der Waals surface area contributed by atoms with Crippen LogP contribution in [-0.2, 0) is 6.18 Å². The SMILES string of the molecule is CC(N)C1CCN(C(=O)c2ccccc2-c2ccc(C(F)(F)F)cc2)CC1. The number of nitrogens with two attached hydrogens (primary N) is 1. The number of amides is 1. The van der Waals surface area contributed by atoms with Crippen LogP contribution in [-0.4, -0.2) is 29.9 Å². The number of halogens is 3. The van der Waals surface area contributed by atoms with Crippen LogP contribution in [0, 0.1) is 5.92 Å². The maximum Gasteiger partial charge on any atom is 0.416 e. The van der Waals surface area contributed by atoms with Gasteiger partial charge in [-0.05, 0) is 55.0 Å². The molecule has 1 heterocycles. The first kappa shape index (κ1) is 19.4. The van der Waals surface area contributed by atoms with Gasteiger partial charge in [-0.1, -0.05) is 30.3 Å². The lowest BCUT2D eigenvalue weighted by molar-refractivity contribution is -0.137. The molecule has 2 N–H and O–H groups in total. The van der Waals surface area contributed by atoms with Gasteiger partial charge in [-0.2, -0.15) is 13.2 Å². The minimum atomic E-state index is -4.38. The minimum absolute atomic E-state index is 0.0892. The fourth-order valence-corrected chi connectivity index (χ4v) is 3.56. The Morgan fingerprint density at radius 2 is 1.67 bits per heavy atom. The highest BCUT2D eigenvalue weighted by Gasteiger charge is 2.30. The van der Waals surface area contributed by atoms with E-state index >= 15 is 0 Å². The molecular formula is C21H23F3N2O. The van der Waals surface area contributed by atoms with Crippen molar-refractivity contribution in [2.24, 2.45) is 11.7 Å². The smallest absolute Gasteiger partial charge is 0.339 e. The molecule has 1 unspecified atom stereocenters. The van der Waals surface area contributed by atoms with Crippen LogP contribution in [0.5, 0.6) is 0 Å². The van der Waals surface area contributed by atoms with E-state index in [0.29, 0.717) is 35.7 Å². The molecule has 0 bridgehead atoms. The molecule has 1 aliphatic heterocycles. The Morgan fingerprint density at radius 1 is 1.07 bits per heavy atom. The van der Waals surface area contributed by atoms with Gasteiger partial charge in [0.2, 0.25) is 0 Å². The van der Waals surface area contributed by atoms with Crippen LogP contribution < -0.4 is 5.73 Å². The first-order valence-corrected chi connectivity index (χ1v) is 9.09. The van der Waals surface area contributed by atoms with E-state index in [9.17, 15) is 18.0 Å². The molecule has 1 aliphatic rings. The Bertz CT molecular complexity index is 792. The van der Waals surface area contributed by atoms with Gasteiger partial charge < -0.3 is 10.6 Å². The van der Waals surface area contributed by atoms with Crippen molar-refractivity contribution in [2.75, 3.05) is 13.1 Å². The maximum atomic E-state index is 13.0. The third-order valence-corrected chi connectivity index (χ3v) is 5.25. The van der Waals surface area contributed by atoms with Gasteiger partial charge in [0, 0.05) is 24.7 Å². The van der Waals surface area contributed by atoms with E-state index < -0.39 is 11.7 Å². The van der Waals surface area contributed by atoms with Crippen molar-refractivity contribution in [2.45, 2.75) is 32.0 Å². The number of rotatable bonds is 3. The van der Waals surface area contributed by atoms with E-state index in [-0.39, 0.29) is 11.9 Å². The van der Waals surface area contributed by atoms with Crippen LogP contribution in [0.2, 0.25) is 0 Å². The van der Waals surface area contributed by atoms with E-state index in [0.717, 1.165) is 25.0 Å². The molecule has 3 nitrogen and oxygen atoms in total. The van der Waals surface area contributed by atoms with Gasteiger partial charge in [-0.25, -0.2) is 0 Å². The Hall–Kier alpha value is -2.34. The summed E-state index contributed by atoms with van der Waals surface area (Å²) >= 11 is 0. The molecule has 2 aromatic rings. The summed E-state index contributed by atoms with van der Waals surface area (Å²) in [5.41, 5.74) is 7.01. The van der Waals surface area contributed by atoms with Crippen molar-refractivity contribution in [3.05, 3.63) is 59.7 Å². The topological polar surface area (TPSA) is 46.3 Å². The van der Waals surface area contributed by atoms with Crippen LogP contribution in [0.4, 0.5) is 13.2 Å². The Balaban J connectivity index is 1.83. The van der Waals surface area contributed by atoms with Crippen molar-refractivity contribution in [1.82, 2.24) is 4.90 Å². The van der Waals surface area contributed by atoms with Crippen molar-refractivity contribution in [3.63, 3.8) is 0 Å². The summed E-state index contributed by atoms with van der Waals surface area (Å²) in [5, 5.41) is 0. The van der Waals surface area contributed by atoms with Gasteiger partial charge >= 0.3 is 6.18 Å². The average molecular weight is 376 g/mol. The van der Waals surface area contributed by atoms with Gasteiger partial charge in [0.1, 0.15) is 0 Å². The lowest BCUT2D eigenvalue weighted by Gasteiger charge is -2.34. The summed E-state index contributed by atoms with van der Waals surface area (Å²) in [7, 11) is 0. The molecule has 1 amide bonds. The van der Waals surface area contributed by atoms with Gasteiger partial charge in [0.05, 0.1) is 5.56 Å². The van der Waals surface area contributed by atoms with Crippen LogP contribution >= 0.6 is 0 Å². The van der Waals surface area contributed by atoms with Crippen molar-refractivity contribution >= 4 is 5.91 Å². The van der Waals surface area contributed by atoms with E-state index in [2.05, 4.69) is 0 Å². The summed E-state index contributed by atoms with van der Waals surface area (Å²) in [6.45, 7) is 3.28. The summed E-state index contributed by atoms with van der Waals surface area (Å²) in [6.07, 6.45) is -2.64. The number of nitrogens with zero attached hydrogens (tertiary/aromatic N) is 1. The largest absolute Gasteiger partial charge is 0.416 e. The molecule has 1 saturated heterocycles. The maximum absolute atomic E-state index is 13.0. The molecule has 1 fully saturated rings. The highest BCUT2D eigenvalue weighted by molar-refractivity contribution is 6.01. The van der Waals surface area contributed by atoms with E-state index in [1.807, 2.05) is 11.8 Å². The van der Waals surface area contributed by atoms with Crippen molar-refractivity contribution in [1.29, 1.82) is 0 Å². The van der Waals surface area contributed by atoms with Crippen molar-refractivity contribution < 1.29 is 18.0 Å². The molecule has 0 aromatic heterocycles. The van der Waals surface area contributed by atoms with Gasteiger partial charge in [-0.15, -0.1) is 0 Å². The average Bonchev–Trinajstić information content (AvgIpc) is 2.67. The Morgan fingerprint density at radius 3 is 2.22 bits per heavy atom. The zero-order valence-electron chi connectivity index (χ0n) is 15.2. The molecule has 3 rings (SSSR count). The number of likely N-dealkylation sites (tertiary alicyclic amines) is 1. The van der Waals surface area contributed by atoms with Crippen LogP contribution in [0.1, 0.15) is 35.7 Å². The van der Waals surface area contributed by atoms with E-state index in [4.69, 9.17) is 5.73 Å². The highest BCUT2D eigenvalue weighted by atomic mass is 19.4. The number of carbonyl (C=O) groups is 1. The number of hydrogen-bond donors (Lipinski definition) is 1. The van der Waals surface area contributed by atoms with Gasteiger partial charge in [0.25, 0.3) is 5.91 Å². The third-order valence-electron chi connectivity index (χ3n) is 5.25. The fourth-order valence-electron chi connectivity index (χ4n) is 3.56. The van der Waals surface area contributed by atoms with E-state index in [1.165, 1.54) is 12.1 Å². The predicted octanol–water partition coefficient (Wildman–Crippen LogP) is 4.57. The van der Waals surface area contributed by atoms with Crippen LogP contribution in [0.3, 0.4) is 0 Å². The summed E-state index contributed by atoms with van der Waals surface area (Å²) < 4.78 is 38.4. The Labute approximate surface area is 157 Å². The van der Waals surface area contributed by atoms with Crippen molar-refractivity contribution in [3.8, 4) is 11.1 Å². The van der Waals surface area contributed by atoms with Crippen LogP contribution in [0.15, 0.2) is 48.5 Å². The molecule has 0 radical (unpaired) electrons. The lowest BCUT2D eigenvalue weighted by atomic mass is 9.90. The van der Waals surface area contributed by atoms with E-state index in [1.54, 1.807) is 24.3 Å². The second kappa shape index (κ2) is 7.72. The number of carbonyl (C=O) groups excluding carboxylic acids is 1. The predicted molar refractivity (Wildman–Crippen MR) is 99.2 cm³/mol. The molecule has 0 saturated carbocycles. The Kier molecular flexibility index (Phi) is 5.56. The molecule has 27 heavy (non-hydrogen) atoms. The summed E-state index contributed by atoms with van der Waals surface area (Å²) in [6, 6.07) is 12.1. The molecule has 6 heteroatoms. The molecule has 2 aromatic carbocycles. The molecule has 0 aliphatic carbocycles. The molecule has 144 valence electrons. The highest BCUT2D eigenvalue weighted by Crippen LogP contribution is 2.32. The number of benzene rings is 2. The number of piperidine rings is 1. The third kappa shape index (κ3) is 4.33. The van der Waals surface area contributed by atoms with Crippen LogP contribution in [0.25, 0.3) is 11.1 Å². The summed E-state index contributed by atoms with van der Waals surface area (Å²) in [4.78, 5) is 14.8. The van der Waals surface area contributed by atoms with Gasteiger partial charge in [0.15, 0.2) is 0 Å². The lowest BCUT2D eigenvalue weighted by Crippen LogP contribution is -2.42. The first-order chi connectivity index (χ1) is 12.8. The summed E-state index contributed by atoms with van der Waals surface area (Å²) in [5.74, 6) is 0.327. The second-order valence-electron chi connectivity index (χ2n) is 7.11. The monoisotopic (exact) mass is 376 g/mol. The second-order valence-corrected chi connectivity index (χ2v) is 7.11. The quantitative estimate of drug-likeness (QED) is 0.853. The standard InChI is InChI=1S/C21H23F3N2O/c1-14(25)15-10-12-26(13-11-15)20(27)19-5-3-2-4-18(19)16-6-8-17(9-7-16)21(22,23)24/h2-9,14-15H,10-13,25H2,1H3. The zero-order chi connectivity index (χ0) is 19.6. The molecular weight excluding hydrogens is 353 g/mol. The zero-order valence-corrected chi connectivity index (χ0v) is 15.2. The molecule has 0 spiro atoms. The number of alkyl halides is 3. The normalized spacial score (nSPS) is 17.0. The first-order valence-electron chi connectivity index (χ1n) is 9.09.